The first kappa shape index (κ1) is 40.1. The summed E-state index contributed by atoms with van der Waals surface area (Å²) in [5.74, 6) is 1.50. The van der Waals surface area contributed by atoms with Crippen LogP contribution in [0.3, 0.4) is 0 Å². The van der Waals surface area contributed by atoms with Crippen LogP contribution in [-0.2, 0) is 5.41 Å². The predicted octanol–water partition coefficient (Wildman–Crippen LogP) is 15.0. The van der Waals surface area contributed by atoms with E-state index in [9.17, 15) is 0 Å². The zero-order valence-electron chi connectivity index (χ0n) is 35.8. The van der Waals surface area contributed by atoms with E-state index in [1.54, 1.807) is 0 Å². The van der Waals surface area contributed by atoms with Gasteiger partial charge in [0.1, 0.15) is 0 Å². The standard InChI is InChI=1S/C58H50N4/c1-5-19-41-20-14-16-27-49(41)40(4)52-38-53(43-22-10-8-11-23-43)60-56(59-52)45-30-34-47(35-31-45)58(6-2,7-3)48-36-32-46(33-37-48)57-61-54(44-24-12-9-13-25-44)39-55(62-57)51-29-18-26-42-21-15-17-28-50(42)51/h5,8-40H,6-7H2,1-4H3/b19-5-. The zero-order valence-corrected chi connectivity index (χ0v) is 35.8. The van der Waals surface area contributed by atoms with Crippen LogP contribution >= 0.6 is 0 Å². The van der Waals surface area contributed by atoms with Gasteiger partial charge in [-0.2, -0.15) is 0 Å². The van der Waals surface area contributed by atoms with E-state index in [0.717, 1.165) is 69.3 Å². The fraction of sp³-hybridized carbons (Fsp3) is 0.138. The third kappa shape index (κ3) is 7.88. The second kappa shape index (κ2) is 17.7. The Kier molecular flexibility index (Phi) is 11.5. The molecule has 0 saturated heterocycles. The highest BCUT2D eigenvalue weighted by molar-refractivity contribution is 5.96. The van der Waals surface area contributed by atoms with Gasteiger partial charge in [-0.05, 0) is 64.9 Å². The first-order valence-corrected chi connectivity index (χ1v) is 21.8. The number of hydrogen-bond acceptors (Lipinski definition) is 4. The first-order valence-electron chi connectivity index (χ1n) is 21.8. The maximum atomic E-state index is 5.25. The minimum absolute atomic E-state index is 0.0673. The molecule has 0 aliphatic rings. The van der Waals surface area contributed by atoms with Gasteiger partial charge in [0.2, 0.25) is 0 Å². The molecule has 1 atom stereocenters. The van der Waals surface area contributed by atoms with Gasteiger partial charge >= 0.3 is 0 Å². The van der Waals surface area contributed by atoms with Crippen molar-refractivity contribution in [2.24, 2.45) is 0 Å². The molecule has 0 saturated carbocycles. The molecule has 0 aliphatic carbocycles. The summed E-state index contributed by atoms with van der Waals surface area (Å²) >= 11 is 0. The average Bonchev–Trinajstić information content (AvgIpc) is 3.35. The molecule has 0 amide bonds. The predicted molar refractivity (Wildman–Crippen MR) is 259 cm³/mol. The second-order valence-electron chi connectivity index (χ2n) is 16.0. The number of hydrogen-bond donors (Lipinski definition) is 0. The highest BCUT2D eigenvalue weighted by Crippen LogP contribution is 2.41. The number of allylic oxidation sites excluding steroid dienone is 1. The van der Waals surface area contributed by atoms with E-state index >= 15 is 0 Å². The van der Waals surface area contributed by atoms with Crippen molar-refractivity contribution >= 4 is 16.8 Å². The van der Waals surface area contributed by atoms with Crippen molar-refractivity contribution in [2.45, 2.75) is 51.9 Å². The van der Waals surface area contributed by atoms with E-state index in [4.69, 9.17) is 19.9 Å². The summed E-state index contributed by atoms with van der Waals surface area (Å²) in [5.41, 5.74) is 13.7. The van der Waals surface area contributed by atoms with Gasteiger partial charge in [0.25, 0.3) is 0 Å². The van der Waals surface area contributed by atoms with Crippen LogP contribution in [0, 0.1) is 0 Å². The third-order valence-corrected chi connectivity index (χ3v) is 12.5. The third-order valence-electron chi connectivity index (χ3n) is 12.5. The molecule has 0 N–H and O–H groups in total. The molecule has 0 spiro atoms. The molecule has 9 aromatic rings. The Morgan fingerprint density at radius 1 is 0.484 bits per heavy atom. The Hall–Kier alpha value is -7.30. The van der Waals surface area contributed by atoms with Crippen LogP contribution in [0.4, 0.5) is 0 Å². The van der Waals surface area contributed by atoms with Crippen molar-refractivity contribution in [3.8, 4) is 56.5 Å². The molecule has 0 radical (unpaired) electrons. The van der Waals surface area contributed by atoms with E-state index in [0.29, 0.717) is 5.82 Å². The lowest BCUT2D eigenvalue weighted by Crippen LogP contribution is -2.26. The number of fused-ring (bicyclic) bond motifs is 1. The summed E-state index contributed by atoms with van der Waals surface area (Å²) in [6.07, 6.45) is 6.16. The van der Waals surface area contributed by atoms with Gasteiger partial charge in [0, 0.05) is 39.2 Å². The summed E-state index contributed by atoms with van der Waals surface area (Å²) in [4.78, 5) is 20.8. The summed E-state index contributed by atoms with van der Waals surface area (Å²) < 4.78 is 0. The Labute approximate surface area is 365 Å². The maximum absolute atomic E-state index is 5.25. The molecular formula is C58H50N4. The largest absolute Gasteiger partial charge is 0.232 e. The van der Waals surface area contributed by atoms with Crippen LogP contribution in [0.25, 0.3) is 73.4 Å². The molecule has 302 valence electrons. The molecule has 2 heterocycles. The molecule has 2 aromatic heterocycles. The molecule has 4 nitrogen and oxygen atoms in total. The average molecular weight is 803 g/mol. The van der Waals surface area contributed by atoms with E-state index in [-0.39, 0.29) is 11.3 Å². The van der Waals surface area contributed by atoms with Crippen molar-refractivity contribution in [3.05, 3.63) is 222 Å². The molecule has 0 fully saturated rings. The maximum Gasteiger partial charge on any atom is 0.160 e. The van der Waals surface area contributed by atoms with Crippen LogP contribution < -0.4 is 0 Å². The molecule has 1 unspecified atom stereocenters. The summed E-state index contributed by atoms with van der Waals surface area (Å²) in [5, 5.41) is 2.36. The van der Waals surface area contributed by atoms with Crippen molar-refractivity contribution in [1.82, 2.24) is 19.9 Å². The zero-order chi connectivity index (χ0) is 42.5. The van der Waals surface area contributed by atoms with Gasteiger partial charge in [0.15, 0.2) is 11.6 Å². The molecule has 0 aliphatic heterocycles. The number of aromatic nitrogens is 4. The number of nitrogens with zero attached hydrogens (tertiary/aromatic N) is 4. The lowest BCUT2D eigenvalue weighted by atomic mass is 9.70. The van der Waals surface area contributed by atoms with Crippen molar-refractivity contribution in [1.29, 1.82) is 0 Å². The van der Waals surface area contributed by atoms with Gasteiger partial charge in [-0.3, -0.25) is 0 Å². The topological polar surface area (TPSA) is 51.6 Å². The second-order valence-corrected chi connectivity index (χ2v) is 16.0. The quantitative estimate of drug-likeness (QED) is 0.123. The van der Waals surface area contributed by atoms with Crippen LogP contribution in [0.2, 0.25) is 0 Å². The minimum atomic E-state index is -0.194. The lowest BCUT2D eigenvalue weighted by molar-refractivity contribution is 0.478. The van der Waals surface area contributed by atoms with Crippen molar-refractivity contribution < 1.29 is 0 Å². The number of rotatable bonds is 12. The van der Waals surface area contributed by atoms with Crippen LogP contribution in [0.15, 0.2) is 194 Å². The monoisotopic (exact) mass is 802 g/mol. The Morgan fingerprint density at radius 3 is 1.61 bits per heavy atom. The van der Waals surface area contributed by atoms with Gasteiger partial charge < -0.3 is 0 Å². The van der Waals surface area contributed by atoms with E-state index in [1.165, 1.54) is 33.0 Å². The molecule has 4 heteroatoms. The summed E-state index contributed by atoms with van der Waals surface area (Å²) in [6, 6.07) is 66.5. The highest BCUT2D eigenvalue weighted by Gasteiger charge is 2.31. The van der Waals surface area contributed by atoms with Gasteiger partial charge in [-0.25, -0.2) is 19.9 Å². The van der Waals surface area contributed by atoms with Crippen LogP contribution in [-0.4, -0.2) is 19.9 Å². The smallest absolute Gasteiger partial charge is 0.160 e. The Morgan fingerprint density at radius 2 is 1.00 bits per heavy atom. The van der Waals surface area contributed by atoms with E-state index in [1.807, 2.05) is 12.1 Å². The normalized spacial score (nSPS) is 12.2. The fourth-order valence-electron chi connectivity index (χ4n) is 9.00. The molecule has 0 bridgehead atoms. The first-order chi connectivity index (χ1) is 30.5. The summed E-state index contributed by atoms with van der Waals surface area (Å²) in [7, 11) is 0. The lowest BCUT2D eigenvalue weighted by Gasteiger charge is -2.33. The SMILES string of the molecule is C/C=C\c1ccccc1C(C)c1cc(-c2ccccc2)nc(-c2ccc(C(CC)(CC)c3ccc(-c4nc(-c5ccccc5)cc(-c5cccc6ccccc56)n4)cc3)cc2)n1. The van der Waals surface area contributed by atoms with Gasteiger partial charge in [-0.1, -0.05) is 209 Å². The highest BCUT2D eigenvalue weighted by atomic mass is 14.9. The van der Waals surface area contributed by atoms with E-state index in [2.05, 4.69) is 216 Å². The van der Waals surface area contributed by atoms with Crippen LogP contribution in [0.1, 0.15) is 74.4 Å². The number of benzene rings is 7. The van der Waals surface area contributed by atoms with Gasteiger partial charge in [-0.15, -0.1) is 0 Å². The molecule has 9 rings (SSSR count). The fourth-order valence-corrected chi connectivity index (χ4v) is 9.00. The van der Waals surface area contributed by atoms with Crippen molar-refractivity contribution in [2.75, 3.05) is 0 Å². The van der Waals surface area contributed by atoms with Gasteiger partial charge in [0.05, 0.1) is 22.8 Å². The minimum Gasteiger partial charge on any atom is -0.232 e. The van der Waals surface area contributed by atoms with Crippen LogP contribution in [0.5, 0.6) is 0 Å². The van der Waals surface area contributed by atoms with Crippen molar-refractivity contribution in [3.63, 3.8) is 0 Å². The Balaban J connectivity index is 1.07. The molecular weight excluding hydrogens is 753 g/mol. The molecule has 7 aromatic carbocycles. The van der Waals surface area contributed by atoms with E-state index < -0.39 is 0 Å². The Bertz CT molecular complexity index is 2980. The summed E-state index contributed by atoms with van der Waals surface area (Å²) in [6.45, 7) is 8.89. The molecule has 62 heavy (non-hydrogen) atoms.